The van der Waals surface area contributed by atoms with Crippen LogP contribution in [-0.2, 0) is 14.6 Å². The Hall–Kier alpha value is -0.420. The first kappa shape index (κ1) is 13.6. The van der Waals surface area contributed by atoms with E-state index in [1.54, 1.807) is 0 Å². The van der Waals surface area contributed by atoms with Gasteiger partial charge < -0.3 is 0 Å². The number of sulfone groups is 1. The molecular weight excluding hydrogens is 226 g/mol. The van der Waals surface area contributed by atoms with Gasteiger partial charge in [0, 0.05) is 12.5 Å². The van der Waals surface area contributed by atoms with Crippen molar-refractivity contribution in [3.05, 3.63) is 0 Å². The Balaban J connectivity index is 2.47. The third kappa shape index (κ3) is 4.22. The zero-order chi connectivity index (χ0) is 12.2. The van der Waals surface area contributed by atoms with Crippen LogP contribution in [0.15, 0.2) is 0 Å². The maximum atomic E-state index is 11.7. The van der Waals surface area contributed by atoms with Gasteiger partial charge in [-0.15, -0.1) is 0 Å². The summed E-state index contributed by atoms with van der Waals surface area (Å²) < 4.78 is 22.8. The molecule has 0 bridgehead atoms. The first-order valence-electron chi connectivity index (χ1n) is 5.90. The summed E-state index contributed by atoms with van der Waals surface area (Å²) in [5.74, 6) is 0.767. The second-order valence-electron chi connectivity index (χ2n) is 4.56. The molecule has 1 unspecified atom stereocenters. The molecule has 0 saturated carbocycles. The Morgan fingerprint density at radius 2 is 2.00 bits per heavy atom. The molecule has 0 spiro atoms. The van der Waals surface area contributed by atoms with Gasteiger partial charge in [0.05, 0.1) is 18.1 Å². The molecule has 0 N–H and O–H groups in total. The minimum Gasteiger partial charge on any atom is -0.298 e. The Morgan fingerprint density at radius 3 is 2.62 bits per heavy atom. The summed E-state index contributed by atoms with van der Waals surface area (Å²) in [6, 6.07) is 0. The lowest BCUT2D eigenvalue weighted by atomic mass is 10.0. The van der Waals surface area contributed by atoms with E-state index in [0.29, 0.717) is 19.5 Å². The van der Waals surface area contributed by atoms with Crippen molar-refractivity contribution >= 4 is 15.6 Å². The molecule has 1 heterocycles. The minimum atomic E-state index is -2.87. The first-order valence-corrected chi connectivity index (χ1v) is 7.72. The zero-order valence-corrected chi connectivity index (χ0v) is 10.9. The van der Waals surface area contributed by atoms with Gasteiger partial charge in [-0.05, 0) is 19.4 Å². The number of nitrogens with zero attached hydrogens (tertiary/aromatic N) is 1. The highest BCUT2D eigenvalue weighted by atomic mass is 32.2. The fourth-order valence-corrected chi connectivity index (χ4v) is 3.06. The molecule has 0 aliphatic carbocycles. The quantitative estimate of drug-likeness (QED) is 0.734. The van der Waals surface area contributed by atoms with Crippen LogP contribution in [0.1, 0.15) is 26.7 Å². The highest BCUT2D eigenvalue weighted by Crippen LogP contribution is 2.08. The molecule has 1 saturated heterocycles. The second kappa shape index (κ2) is 5.77. The standard InChI is InChI=1S/C11H21NO3S/c1-3-10(2)11(13)9-12-5-4-7-16(14,15)8-6-12/h10H,3-9H2,1-2H3. The molecular formula is C11H21NO3S. The third-order valence-electron chi connectivity index (χ3n) is 3.19. The Labute approximate surface area is 97.9 Å². The first-order chi connectivity index (χ1) is 7.44. The maximum absolute atomic E-state index is 11.7. The lowest BCUT2D eigenvalue weighted by Crippen LogP contribution is -2.34. The number of hydrogen-bond donors (Lipinski definition) is 0. The minimum absolute atomic E-state index is 0.0832. The van der Waals surface area contributed by atoms with Gasteiger partial charge in [-0.25, -0.2) is 8.42 Å². The number of carbonyl (C=O) groups excluding carboxylic acids is 1. The van der Waals surface area contributed by atoms with Crippen LogP contribution in [0.2, 0.25) is 0 Å². The van der Waals surface area contributed by atoms with Gasteiger partial charge in [0.25, 0.3) is 0 Å². The molecule has 1 aliphatic heterocycles. The predicted octanol–water partition coefficient (Wildman–Crippen LogP) is 0.722. The van der Waals surface area contributed by atoms with E-state index in [4.69, 9.17) is 0 Å². The Morgan fingerprint density at radius 1 is 1.31 bits per heavy atom. The monoisotopic (exact) mass is 247 g/mol. The number of hydrogen-bond acceptors (Lipinski definition) is 4. The topological polar surface area (TPSA) is 54.5 Å². The largest absolute Gasteiger partial charge is 0.298 e. The van der Waals surface area contributed by atoms with Crippen LogP contribution < -0.4 is 0 Å². The molecule has 1 rings (SSSR count). The molecule has 5 heteroatoms. The molecule has 0 amide bonds. The van der Waals surface area contributed by atoms with E-state index in [-0.39, 0.29) is 23.2 Å². The van der Waals surface area contributed by atoms with E-state index in [9.17, 15) is 13.2 Å². The molecule has 94 valence electrons. The van der Waals surface area contributed by atoms with Gasteiger partial charge >= 0.3 is 0 Å². The zero-order valence-electron chi connectivity index (χ0n) is 10.1. The lowest BCUT2D eigenvalue weighted by Gasteiger charge is -2.19. The molecule has 0 aromatic rings. The van der Waals surface area contributed by atoms with Crippen molar-refractivity contribution in [2.45, 2.75) is 26.7 Å². The molecule has 1 atom stereocenters. The SMILES string of the molecule is CCC(C)C(=O)CN1CCCS(=O)(=O)CC1. The molecule has 1 fully saturated rings. The van der Waals surface area contributed by atoms with Crippen molar-refractivity contribution in [1.82, 2.24) is 4.90 Å². The van der Waals surface area contributed by atoms with Crippen LogP contribution >= 0.6 is 0 Å². The molecule has 0 aromatic heterocycles. The molecule has 16 heavy (non-hydrogen) atoms. The van der Waals surface area contributed by atoms with Crippen molar-refractivity contribution in [2.75, 3.05) is 31.1 Å². The normalized spacial score (nSPS) is 23.6. The number of rotatable bonds is 4. The summed E-state index contributed by atoms with van der Waals surface area (Å²) in [6.45, 7) is 5.56. The summed E-state index contributed by atoms with van der Waals surface area (Å²) in [7, 11) is -2.87. The van der Waals surface area contributed by atoms with E-state index < -0.39 is 9.84 Å². The van der Waals surface area contributed by atoms with Crippen molar-refractivity contribution in [3.63, 3.8) is 0 Å². The number of carbonyl (C=O) groups is 1. The molecule has 0 radical (unpaired) electrons. The predicted molar refractivity (Wildman–Crippen MR) is 64.2 cm³/mol. The summed E-state index contributed by atoms with van der Waals surface area (Å²) in [4.78, 5) is 13.7. The summed E-state index contributed by atoms with van der Waals surface area (Å²) >= 11 is 0. The Bertz CT molecular complexity index is 337. The molecule has 0 aromatic carbocycles. The number of Topliss-reactive ketones (excluding diaryl/α,β-unsaturated/α-hetero) is 1. The van der Waals surface area contributed by atoms with Crippen molar-refractivity contribution in [2.24, 2.45) is 5.92 Å². The van der Waals surface area contributed by atoms with E-state index in [0.717, 1.165) is 13.0 Å². The highest BCUT2D eigenvalue weighted by Gasteiger charge is 2.21. The van der Waals surface area contributed by atoms with E-state index in [1.165, 1.54) is 0 Å². The fraction of sp³-hybridized carbons (Fsp3) is 0.909. The van der Waals surface area contributed by atoms with Gasteiger partial charge in [0.2, 0.25) is 0 Å². The molecule has 1 aliphatic rings. The highest BCUT2D eigenvalue weighted by molar-refractivity contribution is 7.91. The van der Waals surface area contributed by atoms with Crippen LogP contribution in [0, 0.1) is 5.92 Å². The average Bonchev–Trinajstić information content (AvgIpc) is 2.39. The second-order valence-corrected chi connectivity index (χ2v) is 6.86. The van der Waals surface area contributed by atoms with Crippen LogP contribution in [0.4, 0.5) is 0 Å². The van der Waals surface area contributed by atoms with Crippen LogP contribution in [-0.4, -0.2) is 50.2 Å². The van der Waals surface area contributed by atoms with Crippen LogP contribution in [0.25, 0.3) is 0 Å². The van der Waals surface area contributed by atoms with Crippen molar-refractivity contribution in [1.29, 1.82) is 0 Å². The van der Waals surface area contributed by atoms with Crippen LogP contribution in [0.3, 0.4) is 0 Å². The Kier molecular flexibility index (Phi) is 4.92. The summed E-state index contributed by atoms with van der Waals surface area (Å²) in [5.41, 5.74) is 0. The smallest absolute Gasteiger partial charge is 0.151 e. The van der Waals surface area contributed by atoms with E-state index in [1.807, 2.05) is 18.7 Å². The van der Waals surface area contributed by atoms with Gasteiger partial charge in [-0.1, -0.05) is 13.8 Å². The van der Waals surface area contributed by atoms with Crippen molar-refractivity contribution in [3.8, 4) is 0 Å². The summed E-state index contributed by atoms with van der Waals surface area (Å²) in [5, 5.41) is 0. The third-order valence-corrected chi connectivity index (χ3v) is 4.90. The fourth-order valence-electron chi connectivity index (χ4n) is 1.75. The average molecular weight is 247 g/mol. The van der Waals surface area contributed by atoms with Gasteiger partial charge in [0.15, 0.2) is 9.84 Å². The van der Waals surface area contributed by atoms with Gasteiger partial charge in [0.1, 0.15) is 5.78 Å². The van der Waals surface area contributed by atoms with E-state index in [2.05, 4.69) is 0 Å². The summed E-state index contributed by atoms with van der Waals surface area (Å²) in [6.07, 6.45) is 1.50. The van der Waals surface area contributed by atoms with Crippen molar-refractivity contribution < 1.29 is 13.2 Å². The maximum Gasteiger partial charge on any atom is 0.151 e. The van der Waals surface area contributed by atoms with E-state index >= 15 is 0 Å². The van der Waals surface area contributed by atoms with Gasteiger partial charge in [-0.3, -0.25) is 9.69 Å². The molecule has 4 nitrogen and oxygen atoms in total. The van der Waals surface area contributed by atoms with Gasteiger partial charge in [-0.2, -0.15) is 0 Å². The number of ketones is 1. The lowest BCUT2D eigenvalue weighted by molar-refractivity contribution is -0.123. The van der Waals surface area contributed by atoms with Crippen LogP contribution in [0.5, 0.6) is 0 Å².